The van der Waals surface area contributed by atoms with Gasteiger partial charge in [0.15, 0.2) is 0 Å². The lowest BCUT2D eigenvalue weighted by atomic mass is 10.3. The van der Waals surface area contributed by atoms with Gasteiger partial charge in [-0.3, -0.25) is 14.6 Å². The molecular formula is C16H18Cl2N4O3. The lowest BCUT2D eigenvalue weighted by molar-refractivity contribution is -0.119. The Morgan fingerprint density at radius 3 is 2.56 bits per heavy atom. The Morgan fingerprint density at radius 2 is 1.92 bits per heavy atom. The van der Waals surface area contributed by atoms with Crippen LogP contribution in [-0.2, 0) is 9.53 Å². The van der Waals surface area contributed by atoms with E-state index in [9.17, 15) is 9.59 Å². The van der Waals surface area contributed by atoms with Crippen LogP contribution in [0.15, 0.2) is 29.3 Å². The molecule has 3 amide bonds. The summed E-state index contributed by atoms with van der Waals surface area (Å²) in [5, 5.41) is 0.362. The van der Waals surface area contributed by atoms with E-state index in [1.807, 2.05) is 4.90 Å². The number of hydrogen-bond donors (Lipinski definition) is 0. The van der Waals surface area contributed by atoms with Crippen LogP contribution in [0.25, 0.3) is 0 Å². The first-order chi connectivity index (χ1) is 12.0. The molecule has 134 valence electrons. The second-order valence-electron chi connectivity index (χ2n) is 5.67. The maximum atomic E-state index is 12.5. The van der Waals surface area contributed by atoms with Crippen LogP contribution >= 0.6 is 23.2 Å². The summed E-state index contributed by atoms with van der Waals surface area (Å²) in [5.41, 5.74) is 0.418. The van der Waals surface area contributed by atoms with E-state index in [-0.39, 0.29) is 11.7 Å². The van der Waals surface area contributed by atoms with Crippen molar-refractivity contribution < 1.29 is 14.3 Å². The highest BCUT2D eigenvalue weighted by atomic mass is 35.5. The van der Waals surface area contributed by atoms with Crippen molar-refractivity contribution in [2.75, 3.05) is 44.1 Å². The number of amides is 3. The number of carbonyl (C=O) groups is 2. The van der Waals surface area contributed by atoms with Crippen molar-refractivity contribution in [1.29, 1.82) is 0 Å². The number of aliphatic imine (C=N–C) groups is 1. The minimum Gasteiger partial charge on any atom is -0.379 e. The second-order valence-corrected chi connectivity index (χ2v) is 6.39. The third-order valence-corrected chi connectivity index (χ3v) is 4.75. The first-order valence-corrected chi connectivity index (χ1v) is 8.78. The molecule has 2 heterocycles. The molecular weight excluding hydrogens is 367 g/mol. The molecule has 3 rings (SSSR count). The standard InChI is InChI=1S/C16H18Cl2N4O3/c1-20-15(23)14(19-13(10-17)21-6-8-25-9-7-21)22(16(20)24)12-5-3-2-4-11(12)18/h2-5,13H,6-10H2,1H3. The second kappa shape index (κ2) is 7.70. The van der Waals surface area contributed by atoms with E-state index >= 15 is 0 Å². The number of carbonyl (C=O) groups excluding carboxylic acids is 2. The molecule has 0 radical (unpaired) electrons. The molecule has 7 nitrogen and oxygen atoms in total. The fourth-order valence-electron chi connectivity index (χ4n) is 2.77. The molecule has 0 N–H and O–H groups in total. The summed E-state index contributed by atoms with van der Waals surface area (Å²) in [7, 11) is 1.42. The molecule has 1 aromatic carbocycles. The van der Waals surface area contributed by atoms with Crippen molar-refractivity contribution in [2.24, 2.45) is 4.99 Å². The molecule has 0 aromatic heterocycles. The number of halogens is 2. The molecule has 2 aliphatic rings. The maximum Gasteiger partial charge on any atom is 0.337 e. The number of alkyl halides is 1. The number of nitrogens with zero attached hydrogens (tertiary/aromatic N) is 4. The van der Waals surface area contributed by atoms with Gasteiger partial charge < -0.3 is 4.74 Å². The molecule has 1 unspecified atom stereocenters. The Bertz CT molecular complexity index is 706. The average Bonchev–Trinajstić information content (AvgIpc) is 2.84. The zero-order chi connectivity index (χ0) is 18.0. The zero-order valence-corrected chi connectivity index (χ0v) is 15.2. The van der Waals surface area contributed by atoms with Gasteiger partial charge in [-0.2, -0.15) is 0 Å². The molecule has 2 fully saturated rings. The number of amidine groups is 1. The Hall–Kier alpha value is -1.67. The minimum absolute atomic E-state index is 0.0257. The number of imide groups is 1. The molecule has 2 saturated heterocycles. The lowest BCUT2D eigenvalue weighted by Crippen LogP contribution is -2.45. The third kappa shape index (κ3) is 3.50. The number of likely N-dealkylation sites (N-methyl/N-ethyl adjacent to an activating group) is 1. The minimum atomic E-state index is -0.493. The van der Waals surface area contributed by atoms with Gasteiger partial charge in [0.05, 0.1) is 29.8 Å². The van der Waals surface area contributed by atoms with E-state index in [1.54, 1.807) is 24.3 Å². The topological polar surface area (TPSA) is 65.5 Å². The van der Waals surface area contributed by atoms with Crippen LogP contribution < -0.4 is 4.90 Å². The van der Waals surface area contributed by atoms with Crippen LogP contribution in [0.2, 0.25) is 5.02 Å². The van der Waals surface area contributed by atoms with E-state index in [4.69, 9.17) is 27.9 Å². The summed E-state index contributed by atoms with van der Waals surface area (Å²) in [6.45, 7) is 2.50. The van der Waals surface area contributed by atoms with Crippen molar-refractivity contribution in [3.8, 4) is 0 Å². The Kier molecular flexibility index (Phi) is 5.58. The van der Waals surface area contributed by atoms with E-state index in [0.29, 0.717) is 37.0 Å². The van der Waals surface area contributed by atoms with Gasteiger partial charge in [-0.05, 0) is 12.1 Å². The van der Waals surface area contributed by atoms with E-state index in [0.717, 1.165) is 4.90 Å². The lowest BCUT2D eigenvalue weighted by Gasteiger charge is -2.31. The third-order valence-electron chi connectivity index (χ3n) is 4.16. The molecule has 9 heteroatoms. The monoisotopic (exact) mass is 384 g/mol. The van der Waals surface area contributed by atoms with Crippen molar-refractivity contribution in [2.45, 2.75) is 6.17 Å². The maximum absolute atomic E-state index is 12.5. The smallest absolute Gasteiger partial charge is 0.337 e. The Labute approximate surface area is 155 Å². The predicted molar refractivity (Wildman–Crippen MR) is 96.4 cm³/mol. The van der Waals surface area contributed by atoms with Gasteiger partial charge in [0.25, 0.3) is 5.91 Å². The van der Waals surface area contributed by atoms with Crippen LogP contribution in [0.3, 0.4) is 0 Å². The van der Waals surface area contributed by atoms with E-state index in [1.165, 1.54) is 11.9 Å². The number of benzene rings is 1. The van der Waals surface area contributed by atoms with E-state index in [2.05, 4.69) is 4.99 Å². The van der Waals surface area contributed by atoms with Crippen molar-refractivity contribution in [3.63, 3.8) is 0 Å². The number of hydrogen-bond acceptors (Lipinski definition) is 5. The summed E-state index contributed by atoms with van der Waals surface area (Å²) in [6.07, 6.45) is -0.422. The van der Waals surface area contributed by atoms with Gasteiger partial charge in [-0.15, -0.1) is 11.6 Å². The number of anilines is 1. The van der Waals surface area contributed by atoms with Crippen LogP contribution in [0, 0.1) is 0 Å². The van der Waals surface area contributed by atoms with Crippen molar-refractivity contribution in [3.05, 3.63) is 29.3 Å². The Balaban J connectivity index is 1.99. The van der Waals surface area contributed by atoms with Gasteiger partial charge in [0.1, 0.15) is 6.17 Å². The molecule has 0 saturated carbocycles. The zero-order valence-electron chi connectivity index (χ0n) is 13.7. The Morgan fingerprint density at radius 1 is 1.24 bits per heavy atom. The van der Waals surface area contributed by atoms with E-state index < -0.39 is 18.1 Å². The molecule has 1 aromatic rings. The van der Waals surface area contributed by atoms with Crippen LogP contribution in [0.4, 0.5) is 10.5 Å². The predicted octanol–water partition coefficient (Wildman–Crippen LogP) is 2.03. The highest BCUT2D eigenvalue weighted by Gasteiger charge is 2.42. The number of para-hydroxylation sites is 1. The molecule has 2 aliphatic heterocycles. The fourth-order valence-corrected chi connectivity index (χ4v) is 3.25. The normalized spacial score (nSPS) is 22.1. The number of rotatable bonds is 4. The number of morpholine rings is 1. The van der Waals surface area contributed by atoms with Gasteiger partial charge in [-0.25, -0.2) is 14.7 Å². The van der Waals surface area contributed by atoms with Crippen LogP contribution in [0.1, 0.15) is 0 Å². The summed E-state index contributed by atoms with van der Waals surface area (Å²) >= 11 is 12.3. The SMILES string of the molecule is CN1C(=O)C(=NC(CCl)N2CCOCC2)N(c2ccccc2Cl)C1=O. The number of ether oxygens (including phenoxy) is 1. The fraction of sp³-hybridized carbons (Fsp3) is 0.438. The van der Waals surface area contributed by atoms with Crippen LogP contribution in [0.5, 0.6) is 0 Å². The quantitative estimate of drug-likeness (QED) is 0.588. The first-order valence-electron chi connectivity index (χ1n) is 7.87. The molecule has 0 aliphatic carbocycles. The van der Waals surface area contributed by atoms with Crippen molar-refractivity contribution >= 4 is 46.7 Å². The first kappa shape index (κ1) is 18.1. The van der Waals surface area contributed by atoms with Crippen molar-refractivity contribution in [1.82, 2.24) is 9.80 Å². The van der Waals surface area contributed by atoms with Gasteiger partial charge in [0, 0.05) is 20.1 Å². The molecule has 1 atom stereocenters. The van der Waals surface area contributed by atoms with Gasteiger partial charge in [0.2, 0.25) is 5.84 Å². The van der Waals surface area contributed by atoms with Gasteiger partial charge in [-0.1, -0.05) is 23.7 Å². The largest absolute Gasteiger partial charge is 0.379 e. The highest BCUT2D eigenvalue weighted by Crippen LogP contribution is 2.30. The summed E-state index contributed by atoms with van der Waals surface area (Å²) in [6, 6.07) is 6.34. The molecule has 25 heavy (non-hydrogen) atoms. The molecule has 0 spiro atoms. The van der Waals surface area contributed by atoms with Gasteiger partial charge >= 0.3 is 6.03 Å². The summed E-state index contributed by atoms with van der Waals surface area (Å²) < 4.78 is 5.34. The summed E-state index contributed by atoms with van der Waals surface area (Å²) in [4.78, 5) is 33.9. The highest BCUT2D eigenvalue weighted by molar-refractivity contribution is 6.55. The summed E-state index contributed by atoms with van der Waals surface area (Å²) in [5.74, 6) is -0.253. The average molecular weight is 385 g/mol. The molecule has 0 bridgehead atoms. The van der Waals surface area contributed by atoms with Crippen LogP contribution in [-0.4, -0.2) is 73.0 Å². The number of urea groups is 1.